The predicted octanol–water partition coefficient (Wildman–Crippen LogP) is 7.89. The molecule has 0 fully saturated rings. The second kappa shape index (κ2) is 13.9. The predicted molar refractivity (Wildman–Crippen MR) is 112 cm³/mol. The van der Waals surface area contributed by atoms with E-state index in [-0.39, 0.29) is 20.1 Å². The Morgan fingerprint density at radius 1 is 0.561 bits per heavy atom. The van der Waals surface area contributed by atoms with Crippen LogP contribution in [-0.2, 0) is 14.3 Å². The summed E-state index contributed by atoms with van der Waals surface area (Å²) in [7, 11) is 0.0782. The van der Waals surface area contributed by atoms with Gasteiger partial charge < -0.3 is 9.64 Å². The molecule has 19 heteroatoms. The number of halogens is 15. The number of ether oxygens (including phenoxy) is 1. The van der Waals surface area contributed by atoms with Gasteiger partial charge in [0.25, 0.3) is 5.91 Å². The largest absolute Gasteiger partial charge is 0.464 e. The molecule has 0 aliphatic heterocycles. The van der Waals surface area contributed by atoms with E-state index in [1.54, 1.807) is 0 Å². The van der Waals surface area contributed by atoms with Gasteiger partial charge in [0, 0.05) is 7.05 Å². The zero-order chi connectivity index (χ0) is 32.7. The summed E-state index contributed by atoms with van der Waals surface area (Å²) in [6, 6.07) is 0. The van der Waals surface area contributed by atoms with Crippen molar-refractivity contribution >= 4 is 11.9 Å². The number of esters is 1. The normalized spacial score (nSPS) is 14.3. The van der Waals surface area contributed by atoms with Crippen LogP contribution in [0.1, 0.15) is 64.7 Å². The minimum Gasteiger partial charge on any atom is -0.464 e. The maximum atomic E-state index is 14.0. The smallest absolute Gasteiger partial charge is 0.460 e. The van der Waals surface area contributed by atoms with Crippen LogP contribution in [0, 0.1) is 0 Å². The van der Waals surface area contributed by atoms with Crippen molar-refractivity contribution in [2.24, 2.45) is 0 Å². The maximum Gasteiger partial charge on any atom is 0.460 e. The topological polar surface area (TPSA) is 46.6 Å². The van der Waals surface area contributed by atoms with Gasteiger partial charge in [-0.3, -0.25) is 9.59 Å². The van der Waals surface area contributed by atoms with Crippen LogP contribution < -0.4 is 0 Å². The van der Waals surface area contributed by atoms with Gasteiger partial charge in [-0.2, -0.15) is 65.9 Å². The van der Waals surface area contributed by atoms with Crippen molar-refractivity contribution < 1.29 is 80.2 Å². The van der Waals surface area contributed by atoms with Gasteiger partial charge in [-0.15, -0.1) is 0 Å². The van der Waals surface area contributed by atoms with E-state index in [1.807, 2.05) is 6.92 Å². The average Bonchev–Trinajstić information content (AvgIpc) is 2.83. The molecule has 0 aliphatic rings. The van der Waals surface area contributed by atoms with Crippen LogP contribution in [0.25, 0.3) is 0 Å². The highest BCUT2D eigenvalue weighted by molar-refractivity contribution is 5.88. The van der Waals surface area contributed by atoms with E-state index in [1.165, 1.54) is 0 Å². The van der Waals surface area contributed by atoms with Gasteiger partial charge in [0.05, 0.1) is 6.61 Å². The number of carbonyl (C=O) groups excluding carboxylic acids is 2. The van der Waals surface area contributed by atoms with Gasteiger partial charge in [-0.25, -0.2) is 0 Å². The van der Waals surface area contributed by atoms with E-state index in [9.17, 15) is 75.4 Å². The second-order valence-electron chi connectivity index (χ2n) is 9.15. The van der Waals surface area contributed by atoms with Crippen LogP contribution in [-0.4, -0.2) is 78.7 Å². The van der Waals surface area contributed by atoms with Crippen molar-refractivity contribution in [2.45, 2.75) is 106 Å². The molecule has 0 heterocycles. The summed E-state index contributed by atoms with van der Waals surface area (Å²) in [6.07, 6.45) is -0.241. The molecular weight excluding hydrogens is 611 g/mol. The Labute approximate surface area is 224 Å². The van der Waals surface area contributed by atoms with E-state index in [0.717, 1.165) is 44.9 Å². The maximum absolute atomic E-state index is 14.0. The quantitative estimate of drug-likeness (QED) is 0.0871. The third-order valence-electron chi connectivity index (χ3n) is 5.82. The Bertz CT molecular complexity index is 860. The minimum atomic E-state index is -8.50. The van der Waals surface area contributed by atoms with E-state index in [0.29, 0.717) is 6.42 Å². The summed E-state index contributed by atoms with van der Waals surface area (Å²) in [5.74, 6) is -53.7. The van der Waals surface area contributed by atoms with Gasteiger partial charge in [-0.1, -0.05) is 58.3 Å². The number of amides is 1. The molecule has 0 aromatic carbocycles. The first kappa shape index (κ1) is 38.9. The molecule has 0 saturated carbocycles. The molecular formula is C22H28F15NO3. The van der Waals surface area contributed by atoms with Gasteiger partial charge in [0.15, 0.2) is 0 Å². The molecule has 0 saturated heterocycles. The molecule has 0 unspecified atom stereocenters. The van der Waals surface area contributed by atoms with E-state index < -0.39 is 65.0 Å². The van der Waals surface area contributed by atoms with Crippen LogP contribution in [0.2, 0.25) is 0 Å². The minimum absolute atomic E-state index is 0.0782. The summed E-state index contributed by atoms with van der Waals surface area (Å²) in [6.45, 7) is -0.000512. The lowest BCUT2D eigenvalue weighted by molar-refractivity contribution is -0.449. The summed E-state index contributed by atoms with van der Waals surface area (Å²) < 4.78 is 203. The molecule has 0 spiro atoms. The highest BCUT2D eigenvalue weighted by Crippen LogP contribution is 2.62. The van der Waals surface area contributed by atoms with E-state index in [2.05, 4.69) is 4.74 Å². The van der Waals surface area contributed by atoms with Crippen molar-refractivity contribution in [3.05, 3.63) is 0 Å². The number of rotatable bonds is 18. The molecule has 0 bridgehead atoms. The first-order chi connectivity index (χ1) is 18.3. The number of carbonyl (C=O) groups is 2. The van der Waals surface area contributed by atoms with Crippen LogP contribution in [0.15, 0.2) is 0 Å². The highest BCUT2D eigenvalue weighted by atomic mass is 19.4. The number of unbranched alkanes of at least 4 members (excludes halogenated alkanes) is 8. The fourth-order valence-electron chi connectivity index (χ4n) is 3.25. The summed E-state index contributed by atoms with van der Waals surface area (Å²) in [4.78, 5) is 22.6. The summed E-state index contributed by atoms with van der Waals surface area (Å²) >= 11 is 0. The zero-order valence-electron chi connectivity index (χ0n) is 21.6. The number of hydrogen-bond acceptors (Lipinski definition) is 3. The Kier molecular flexibility index (Phi) is 13.2. The van der Waals surface area contributed by atoms with Gasteiger partial charge in [0.1, 0.15) is 6.54 Å². The second-order valence-corrected chi connectivity index (χ2v) is 9.15. The fraction of sp³-hybridized carbons (Fsp3) is 0.909. The molecule has 0 N–H and O–H groups in total. The van der Waals surface area contributed by atoms with Crippen molar-refractivity contribution in [3.63, 3.8) is 0 Å². The molecule has 4 nitrogen and oxygen atoms in total. The molecule has 0 atom stereocenters. The van der Waals surface area contributed by atoms with E-state index in [4.69, 9.17) is 0 Å². The number of likely N-dealkylation sites (N-methyl/N-ethyl adjacent to an activating group) is 1. The molecule has 0 radical (unpaired) electrons. The van der Waals surface area contributed by atoms with Crippen molar-refractivity contribution in [2.75, 3.05) is 20.2 Å². The Morgan fingerprint density at radius 2 is 0.927 bits per heavy atom. The molecule has 0 aromatic heterocycles. The molecule has 0 aliphatic carbocycles. The number of alkyl halides is 15. The van der Waals surface area contributed by atoms with Crippen molar-refractivity contribution in [3.8, 4) is 0 Å². The molecule has 1 amide bonds. The number of nitrogens with zero attached hydrogens (tertiary/aromatic N) is 1. The zero-order valence-corrected chi connectivity index (χ0v) is 21.6. The lowest BCUT2D eigenvalue weighted by Crippen LogP contribution is -2.74. The van der Waals surface area contributed by atoms with Crippen molar-refractivity contribution in [1.82, 2.24) is 4.90 Å². The lowest BCUT2D eigenvalue weighted by Gasteiger charge is -2.41. The van der Waals surface area contributed by atoms with Crippen LogP contribution in [0.3, 0.4) is 0 Å². The third-order valence-corrected chi connectivity index (χ3v) is 5.82. The van der Waals surface area contributed by atoms with Gasteiger partial charge >= 0.3 is 47.7 Å². The Balaban J connectivity index is 5.39. The van der Waals surface area contributed by atoms with Crippen molar-refractivity contribution in [1.29, 1.82) is 0 Å². The number of hydrogen-bond donors (Lipinski definition) is 0. The van der Waals surface area contributed by atoms with Crippen LogP contribution in [0.4, 0.5) is 65.9 Å². The SMILES string of the molecule is CCCCCCCCCCCOC(=O)CN(C)C(=O)C(F)(F)C(F)(F)C(F)(F)C(F)(F)C(F)(F)C(F)(F)C(F)(F)F. The highest BCUT2D eigenvalue weighted by Gasteiger charge is 2.94. The van der Waals surface area contributed by atoms with Crippen LogP contribution >= 0.6 is 0 Å². The lowest BCUT2D eigenvalue weighted by atomic mass is 9.90. The molecule has 0 rings (SSSR count). The summed E-state index contributed by atoms with van der Waals surface area (Å²) in [5, 5.41) is 0. The molecule has 41 heavy (non-hydrogen) atoms. The molecule has 244 valence electrons. The summed E-state index contributed by atoms with van der Waals surface area (Å²) in [5.41, 5.74) is 0. The Morgan fingerprint density at radius 3 is 1.34 bits per heavy atom. The fourth-order valence-corrected chi connectivity index (χ4v) is 3.25. The average molecular weight is 639 g/mol. The van der Waals surface area contributed by atoms with E-state index >= 15 is 0 Å². The van der Waals surface area contributed by atoms with Gasteiger partial charge in [-0.05, 0) is 6.42 Å². The monoisotopic (exact) mass is 639 g/mol. The Hall–Kier alpha value is -2.11. The standard InChI is InChI=1S/C22H28F15NO3/c1-3-4-5-6-7-8-9-10-11-12-41-14(39)13-38(2)15(40)16(23,24)17(25,26)18(27,28)19(29,30)20(31,32)21(33,34)22(35,36)37/h3-13H2,1-2H3. The van der Waals surface area contributed by atoms with Crippen LogP contribution in [0.5, 0.6) is 0 Å². The van der Waals surface area contributed by atoms with Gasteiger partial charge in [0.2, 0.25) is 0 Å². The molecule has 0 aromatic rings. The first-order valence-electron chi connectivity index (χ1n) is 12.0. The first-order valence-corrected chi connectivity index (χ1v) is 12.0. The third kappa shape index (κ3) is 8.04.